The van der Waals surface area contributed by atoms with Crippen LogP contribution < -0.4 is 16.6 Å². The number of nitrogen functional groups attached to an aromatic ring is 1. The Morgan fingerprint density at radius 2 is 1.83 bits per heavy atom. The summed E-state index contributed by atoms with van der Waals surface area (Å²) in [5, 5.41) is 3.23. The number of nitrogens with two attached hydrogens (primary N) is 1. The van der Waals surface area contributed by atoms with Gasteiger partial charge in [-0.2, -0.15) is 0 Å². The van der Waals surface area contributed by atoms with Crippen LogP contribution in [0.4, 0.5) is 17.3 Å². The van der Waals surface area contributed by atoms with E-state index in [0.29, 0.717) is 5.82 Å². The van der Waals surface area contributed by atoms with Gasteiger partial charge in [0.05, 0.1) is 0 Å². The van der Waals surface area contributed by atoms with Gasteiger partial charge in [-0.15, -0.1) is 0 Å². The molecule has 0 aliphatic carbocycles. The van der Waals surface area contributed by atoms with Gasteiger partial charge >= 0.3 is 0 Å². The van der Waals surface area contributed by atoms with Crippen molar-refractivity contribution in [1.29, 1.82) is 0 Å². The fraction of sp³-hybridized carbons (Fsp3) is 0.167. The van der Waals surface area contributed by atoms with Crippen molar-refractivity contribution in [1.82, 2.24) is 9.97 Å². The summed E-state index contributed by atoms with van der Waals surface area (Å²) in [4.78, 5) is 8.64. The van der Waals surface area contributed by atoms with Gasteiger partial charge in [0.25, 0.3) is 0 Å². The van der Waals surface area contributed by atoms with E-state index in [1.54, 1.807) is 6.07 Å². The second kappa shape index (κ2) is 5.96. The first-order valence-electron chi connectivity index (χ1n) is 5.58. The molecule has 0 bridgehead atoms. The minimum absolute atomic E-state index is 0.606. The maximum atomic E-state index is 5.39. The minimum atomic E-state index is 0.606. The van der Waals surface area contributed by atoms with Crippen LogP contribution >= 0.6 is 22.6 Å². The van der Waals surface area contributed by atoms with E-state index in [1.807, 2.05) is 31.2 Å². The molecule has 4 N–H and O–H groups in total. The van der Waals surface area contributed by atoms with Crippen LogP contribution in [0.1, 0.15) is 12.7 Å². The van der Waals surface area contributed by atoms with Crippen LogP contribution in [0, 0.1) is 3.57 Å². The van der Waals surface area contributed by atoms with E-state index in [1.165, 1.54) is 3.57 Å². The third kappa shape index (κ3) is 3.30. The van der Waals surface area contributed by atoms with Gasteiger partial charge in [0, 0.05) is 21.7 Å². The van der Waals surface area contributed by atoms with Crippen molar-refractivity contribution in [3.05, 3.63) is 39.7 Å². The summed E-state index contributed by atoms with van der Waals surface area (Å²) in [5.74, 6) is 7.47. The molecule has 1 aromatic carbocycles. The molecule has 0 atom stereocenters. The Morgan fingerprint density at radius 1 is 1.17 bits per heavy atom. The number of hydrogen-bond acceptors (Lipinski definition) is 5. The van der Waals surface area contributed by atoms with E-state index in [9.17, 15) is 0 Å². The third-order valence-electron chi connectivity index (χ3n) is 2.35. The lowest BCUT2D eigenvalue weighted by molar-refractivity contribution is 0.941. The van der Waals surface area contributed by atoms with Gasteiger partial charge in [-0.25, -0.2) is 15.8 Å². The maximum absolute atomic E-state index is 5.39. The lowest BCUT2D eigenvalue weighted by Gasteiger charge is -2.09. The molecule has 0 saturated heterocycles. The highest BCUT2D eigenvalue weighted by molar-refractivity contribution is 14.1. The standard InChI is InChI=1S/C12H14IN5/c1-2-10-16-11(7-12(17-10)18-14)15-9-5-3-8(13)4-6-9/h3-7H,2,14H2,1H3,(H2,15,16,17,18). The molecule has 2 rings (SSSR count). The quantitative estimate of drug-likeness (QED) is 0.447. The number of nitrogens with zero attached hydrogens (tertiary/aromatic N) is 2. The molecule has 1 aromatic heterocycles. The molecule has 0 spiro atoms. The fourth-order valence-electron chi connectivity index (χ4n) is 1.47. The molecular weight excluding hydrogens is 341 g/mol. The first kappa shape index (κ1) is 13.0. The van der Waals surface area contributed by atoms with Gasteiger partial charge in [0.2, 0.25) is 0 Å². The maximum Gasteiger partial charge on any atom is 0.145 e. The number of benzene rings is 1. The average molecular weight is 355 g/mol. The fourth-order valence-corrected chi connectivity index (χ4v) is 1.83. The lowest BCUT2D eigenvalue weighted by Crippen LogP contribution is -2.11. The van der Waals surface area contributed by atoms with Crippen molar-refractivity contribution in [3.63, 3.8) is 0 Å². The van der Waals surface area contributed by atoms with Crippen LogP contribution in [0.15, 0.2) is 30.3 Å². The molecule has 6 heteroatoms. The Balaban J connectivity index is 2.25. The molecule has 2 aromatic rings. The van der Waals surface area contributed by atoms with Gasteiger partial charge in [-0.1, -0.05) is 6.92 Å². The zero-order valence-electron chi connectivity index (χ0n) is 9.94. The topological polar surface area (TPSA) is 75.9 Å². The zero-order valence-corrected chi connectivity index (χ0v) is 12.1. The Morgan fingerprint density at radius 3 is 2.44 bits per heavy atom. The van der Waals surface area contributed by atoms with E-state index in [-0.39, 0.29) is 0 Å². The molecule has 0 aliphatic rings. The number of hydrogen-bond donors (Lipinski definition) is 3. The molecule has 0 amide bonds. The third-order valence-corrected chi connectivity index (χ3v) is 3.07. The monoisotopic (exact) mass is 355 g/mol. The van der Waals surface area contributed by atoms with Crippen LogP contribution in [0.5, 0.6) is 0 Å². The summed E-state index contributed by atoms with van der Waals surface area (Å²) in [6.07, 6.45) is 0.761. The van der Waals surface area contributed by atoms with Crippen molar-refractivity contribution in [2.75, 3.05) is 10.7 Å². The first-order valence-corrected chi connectivity index (χ1v) is 6.66. The number of hydrazine groups is 1. The summed E-state index contributed by atoms with van der Waals surface area (Å²) in [7, 11) is 0. The van der Waals surface area contributed by atoms with Crippen LogP contribution in [0.25, 0.3) is 0 Å². The van der Waals surface area contributed by atoms with Crippen molar-refractivity contribution < 1.29 is 0 Å². The molecule has 0 fully saturated rings. The number of halogens is 1. The molecule has 0 radical (unpaired) electrons. The summed E-state index contributed by atoms with van der Waals surface area (Å²) in [6, 6.07) is 9.85. The van der Waals surface area contributed by atoms with E-state index < -0.39 is 0 Å². The van der Waals surface area contributed by atoms with Gasteiger partial charge in [-0.3, -0.25) is 0 Å². The van der Waals surface area contributed by atoms with E-state index in [0.717, 1.165) is 23.8 Å². The summed E-state index contributed by atoms with van der Waals surface area (Å²) in [6.45, 7) is 2.00. The summed E-state index contributed by atoms with van der Waals surface area (Å²) < 4.78 is 1.19. The Bertz CT molecular complexity index is 504. The second-order valence-corrected chi connectivity index (χ2v) is 4.93. The van der Waals surface area contributed by atoms with Gasteiger partial charge in [0.1, 0.15) is 17.5 Å². The molecule has 1 heterocycles. The van der Waals surface area contributed by atoms with Crippen LogP contribution in [-0.4, -0.2) is 9.97 Å². The van der Waals surface area contributed by atoms with Gasteiger partial charge < -0.3 is 10.7 Å². The molecule has 0 saturated carbocycles. The number of aromatic nitrogens is 2. The van der Waals surface area contributed by atoms with Crippen LogP contribution in [0.2, 0.25) is 0 Å². The van der Waals surface area contributed by atoms with Crippen molar-refractivity contribution in [2.24, 2.45) is 5.84 Å². The molecule has 18 heavy (non-hydrogen) atoms. The highest BCUT2D eigenvalue weighted by Crippen LogP contribution is 2.18. The van der Waals surface area contributed by atoms with Crippen molar-refractivity contribution >= 4 is 39.9 Å². The van der Waals surface area contributed by atoms with Crippen molar-refractivity contribution in [2.45, 2.75) is 13.3 Å². The SMILES string of the molecule is CCc1nc(NN)cc(Nc2ccc(I)cc2)n1. The lowest BCUT2D eigenvalue weighted by atomic mass is 10.3. The largest absolute Gasteiger partial charge is 0.340 e. The predicted molar refractivity (Wildman–Crippen MR) is 81.7 cm³/mol. The number of nitrogens with one attached hydrogen (secondary N) is 2. The molecule has 5 nitrogen and oxygen atoms in total. The summed E-state index contributed by atoms with van der Waals surface area (Å²) >= 11 is 2.27. The molecule has 94 valence electrons. The minimum Gasteiger partial charge on any atom is -0.340 e. The van der Waals surface area contributed by atoms with Gasteiger partial charge in [0.15, 0.2) is 0 Å². The smallest absolute Gasteiger partial charge is 0.145 e. The van der Waals surface area contributed by atoms with E-state index in [4.69, 9.17) is 5.84 Å². The first-order chi connectivity index (χ1) is 8.71. The normalized spacial score (nSPS) is 10.2. The van der Waals surface area contributed by atoms with E-state index in [2.05, 4.69) is 43.3 Å². The van der Waals surface area contributed by atoms with E-state index >= 15 is 0 Å². The van der Waals surface area contributed by atoms with Crippen LogP contribution in [0.3, 0.4) is 0 Å². The number of anilines is 3. The highest BCUT2D eigenvalue weighted by atomic mass is 127. The molecule has 0 unspecified atom stereocenters. The van der Waals surface area contributed by atoms with Gasteiger partial charge in [-0.05, 0) is 46.9 Å². The highest BCUT2D eigenvalue weighted by Gasteiger charge is 2.03. The number of rotatable bonds is 4. The second-order valence-electron chi connectivity index (χ2n) is 3.68. The van der Waals surface area contributed by atoms with Crippen molar-refractivity contribution in [3.8, 4) is 0 Å². The average Bonchev–Trinajstić information content (AvgIpc) is 2.41. The summed E-state index contributed by atoms with van der Waals surface area (Å²) in [5.41, 5.74) is 3.53. The zero-order chi connectivity index (χ0) is 13.0. The molecular formula is C12H14IN5. The number of aryl methyl sites for hydroxylation is 1. The Kier molecular flexibility index (Phi) is 4.32. The molecule has 0 aliphatic heterocycles. The Labute approximate surface area is 119 Å². The van der Waals surface area contributed by atoms with Crippen LogP contribution in [-0.2, 0) is 6.42 Å². The predicted octanol–water partition coefficient (Wildman–Crippen LogP) is 2.67. The Hall–Kier alpha value is -1.41.